The fourth-order valence-electron chi connectivity index (χ4n) is 3.52. The number of carbonyl (C=O) groups excluding carboxylic acids is 2. The lowest BCUT2D eigenvalue weighted by Crippen LogP contribution is -2.47. The van der Waals surface area contributed by atoms with E-state index in [2.05, 4.69) is 24.8 Å². The summed E-state index contributed by atoms with van der Waals surface area (Å²) in [7, 11) is 0. The summed E-state index contributed by atoms with van der Waals surface area (Å²) in [6.45, 7) is 6.13. The second kappa shape index (κ2) is 11.5. The van der Waals surface area contributed by atoms with Crippen LogP contribution >= 0.6 is 45.9 Å². The number of Topliss-reactive ketones (excluding diaryl/α,β-unsaturated/α-hetero) is 1. The Morgan fingerprint density at radius 1 is 1.15 bits per heavy atom. The zero-order valence-corrected chi connectivity index (χ0v) is 21.6. The maximum atomic E-state index is 12.7. The van der Waals surface area contributed by atoms with Crippen molar-refractivity contribution in [3.63, 3.8) is 0 Å². The van der Waals surface area contributed by atoms with Crippen molar-refractivity contribution in [2.24, 2.45) is 0 Å². The lowest BCUT2D eigenvalue weighted by molar-refractivity contribution is -0.143. The normalized spacial score (nSPS) is 14.4. The average molecular weight is 540 g/mol. The van der Waals surface area contributed by atoms with Crippen LogP contribution in [0, 0.1) is 0 Å². The topological polar surface area (TPSA) is 88.5 Å². The van der Waals surface area contributed by atoms with E-state index in [4.69, 9.17) is 27.9 Å². The molecule has 1 aliphatic rings. The van der Waals surface area contributed by atoms with Gasteiger partial charge in [0.25, 0.3) is 0 Å². The number of thiazole rings is 1. The third-order valence-electron chi connectivity index (χ3n) is 5.32. The predicted molar refractivity (Wildman–Crippen MR) is 135 cm³/mol. The summed E-state index contributed by atoms with van der Waals surface area (Å²) in [6.07, 6.45) is 3.73. The molecule has 180 valence electrons. The Morgan fingerprint density at radius 2 is 1.94 bits per heavy atom. The Labute approximate surface area is 215 Å². The molecule has 0 aromatic carbocycles. The highest BCUT2D eigenvalue weighted by Crippen LogP contribution is 2.38. The van der Waals surface area contributed by atoms with Crippen LogP contribution in [-0.4, -0.2) is 70.9 Å². The van der Waals surface area contributed by atoms with Crippen molar-refractivity contribution >= 4 is 63.4 Å². The molecule has 0 spiro atoms. The van der Waals surface area contributed by atoms with Crippen LogP contribution in [0.15, 0.2) is 23.8 Å². The van der Waals surface area contributed by atoms with E-state index in [1.807, 2.05) is 12.3 Å². The first kappa shape index (κ1) is 25.0. The molecule has 1 aliphatic heterocycles. The Balaban J connectivity index is 1.28. The number of aromatic nitrogens is 3. The summed E-state index contributed by atoms with van der Waals surface area (Å²) in [4.78, 5) is 42.8. The molecule has 0 radical (unpaired) electrons. The van der Waals surface area contributed by atoms with Gasteiger partial charge in [0.05, 0.1) is 47.4 Å². The molecule has 34 heavy (non-hydrogen) atoms. The number of piperazine rings is 1. The highest BCUT2D eigenvalue weighted by Gasteiger charge is 2.20. The number of hydrogen-bond donors (Lipinski definition) is 0. The molecule has 1 fully saturated rings. The maximum absolute atomic E-state index is 12.7. The fraction of sp³-hybridized carbons (Fsp3) is 0.409. The fourth-order valence-corrected chi connectivity index (χ4v) is 5.71. The summed E-state index contributed by atoms with van der Waals surface area (Å²) in [6, 6.07) is 1.78. The Bertz CT molecular complexity index is 1120. The molecule has 8 nitrogen and oxygen atoms in total. The summed E-state index contributed by atoms with van der Waals surface area (Å²) in [5, 5.41) is 3.09. The third kappa shape index (κ3) is 6.31. The zero-order chi connectivity index (χ0) is 24.1. The smallest absolute Gasteiger partial charge is 0.307 e. The van der Waals surface area contributed by atoms with Gasteiger partial charge in [-0.05, 0) is 13.0 Å². The van der Waals surface area contributed by atoms with E-state index in [1.165, 1.54) is 28.9 Å². The Morgan fingerprint density at radius 3 is 2.59 bits per heavy atom. The Kier molecular flexibility index (Phi) is 8.49. The van der Waals surface area contributed by atoms with Crippen molar-refractivity contribution in [2.45, 2.75) is 19.8 Å². The van der Waals surface area contributed by atoms with Crippen LogP contribution < -0.4 is 4.90 Å². The molecule has 3 aromatic rings. The van der Waals surface area contributed by atoms with Crippen LogP contribution in [-0.2, 0) is 16.0 Å². The third-order valence-corrected chi connectivity index (χ3v) is 8.06. The number of nitrogens with zero attached hydrogens (tertiary/aromatic N) is 5. The second-order valence-electron chi connectivity index (χ2n) is 7.60. The number of rotatable bonds is 9. The van der Waals surface area contributed by atoms with Crippen molar-refractivity contribution in [1.82, 2.24) is 19.9 Å². The summed E-state index contributed by atoms with van der Waals surface area (Å²) in [5.74, 6) is 0.445. The predicted octanol–water partition coefficient (Wildman–Crippen LogP) is 4.47. The molecule has 0 saturated carbocycles. The van der Waals surface area contributed by atoms with Crippen molar-refractivity contribution in [3.8, 4) is 10.6 Å². The average Bonchev–Trinajstić information content (AvgIpc) is 3.44. The van der Waals surface area contributed by atoms with Gasteiger partial charge in [-0.15, -0.1) is 22.7 Å². The summed E-state index contributed by atoms with van der Waals surface area (Å²) < 4.78 is 5.51. The highest BCUT2D eigenvalue weighted by atomic mass is 35.5. The number of halogens is 2. The highest BCUT2D eigenvalue weighted by molar-refractivity contribution is 7.20. The van der Waals surface area contributed by atoms with Crippen molar-refractivity contribution in [2.75, 3.05) is 44.2 Å². The van der Waals surface area contributed by atoms with Gasteiger partial charge in [-0.3, -0.25) is 14.5 Å². The molecule has 12 heteroatoms. The van der Waals surface area contributed by atoms with Gasteiger partial charge in [0.1, 0.15) is 20.9 Å². The van der Waals surface area contributed by atoms with E-state index in [0.29, 0.717) is 39.6 Å². The van der Waals surface area contributed by atoms with Gasteiger partial charge < -0.3 is 9.64 Å². The van der Waals surface area contributed by atoms with Gasteiger partial charge in [-0.25, -0.2) is 15.0 Å². The quantitative estimate of drug-likeness (QED) is 0.290. The number of anilines is 1. The zero-order valence-electron chi connectivity index (χ0n) is 18.5. The number of hydrogen-bond acceptors (Lipinski definition) is 10. The molecule has 3 aromatic heterocycles. The molecule has 0 N–H and O–H groups in total. The van der Waals surface area contributed by atoms with Gasteiger partial charge in [0, 0.05) is 38.1 Å². The number of carbonyl (C=O) groups is 2. The monoisotopic (exact) mass is 539 g/mol. The number of thiophene rings is 1. The first-order valence-corrected chi connectivity index (χ1v) is 13.3. The number of ketones is 1. The van der Waals surface area contributed by atoms with Gasteiger partial charge in [0.15, 0.2) is 5.78 Å². The minimum Gasteiger partial charge on any atom is -0.466 e. The molecule has 0 bridgehead atoms. The SMILES string of the molecule is CCOC(=O)CCN1CCN(c2cnc(C(=O)Cc3nc(-c4cc(Cl)c(Cl)s4)cs3)cn2)CC1. The molecule has 4 heterocycles. The molecule has 0 unspecified atom stereocenters. The first-order valence-electron chi connectivity index (χ1n) is 10.8. The summed E-state index contributed by atoms with van der Waals surface area (Å²) in [5.41, 5.74) is 1.07. The van der Waals surface area contributed by atoms with E-state index < -0.39 is 0 Å². The molecule has 0 atom stereocenters. The van der Waals surface area contributed by atoms with Crippen molar-refractivity contribution in [1.29, 1.82) is 0 Å². The van der Waals surface area contributed by atoms with Crippen molar-refractivity contribution in [3.05, 3.63) is 43.9 Å². The Hall–Kier alpha value is -2.11. The van der Waals surface area contributed by atoms with Crippen molar-refractivity contribution < 1.29 is 14.3 Å². The lowest BCUT2D eigenvalue weighted by atomic mass is 10.2. The van der Waals surface area contributed by atoms with Crippen LogP contribution in [0.3, 0.4) is 0 Å². The first-order chi connectivity index (χ1) is 16.4. The number of ether oxygens (including phenoxy) is 1. The van der Waals surface area contributed by atoms with Gasteiger partial charge in [-0.1, -0.05) is 23.2 Å². The summed E-state index contributed by atoms with van der Waals surface area (Å²) >= 11 is 14.8. The molecular formula is C22H23Cl2N5O3S2. The molecule has 4 rings (SSSR count). The molecule has 0 aliphatic carbocycles. The van der Waals surface area contributed by atoms with Crippen LogP contribution in [0.1, 0.15) is 28.8 Å². The van der Waals surface area contributed by atoms with E-state index in [9.17, 15) is 9.59 Å². The van der Waals surface area contributed by atoms with E-state index in [0.717, 1.165) is 42.6 Å². The lowest BCUT2D eigenvalue weighted by Gasteiger charge is -2.35. The molecular weight excluding hydrogens is 517 g/mol. The van der Waals surface area contributed by atoms with E-state index in [-0.39, 0.29) is 18.2 Å². The molecule has 1 saturated heterocycles. The maximum Gasteiger partial charge on any atom is 0.307 e. The van der Waals surface area contributed by atoms with Crippen LogP contribution in [0.2, 0.25) is 9.36 Å². The van der Waals surface area contributed by atoms with Crippen LogP contribution in [0.25, 0.3) is 10.6 Å². The van der Waals surface area contributed by atoms with Gasteiger partial charge in [0.2, 0.25) is 0 Å². The molecule has 0 amide bonds. The standard InChI is InChI=1S/C22H23Cl2N5O3S2/c1-2-32-21(31)3-4-28-5-7-29(8-6-28)19-12-25-15(11-26-19)17(30)10-20-27-16(13-33-20)18-9-14(23)22(24)34-18/h9,11-13H,2-8,10H2,1H3. The second-order valence-corrected chi connectivity index (χ2v) is 10.6. The minimum atomic E-state index is -0.162. The largest absolute Gasteiger partial charge is 0.466 e. The van der Waals surface area contributed by atoms with Crippen LogP contribution in [0.5, 0.6) is 0 Å². The van der Waals surface area contributed by atoms with Gasteiger partial charge >= 0.3 is 5.97 Å². The van der Waals surface area contributed by atoms with E-state index >= 15 is 0 Å². The number of esters is 1. The van der Waals surface area contributed by atoms with Gasteiger partial charge in [-0.2, -0.15) is 0 Å². The minimum absolute atomic E-state index is 0.133. The van der Waals surface area contributed by atoms with Crippen LogP contribution in [0.4, 0.5) is 5.82 Å². The van der Waals surface area contributed by atoms with E-state index in [1.54, 1.807) is 12.3 Å².